The summed E-state index contributed by atoms with van der Waals surface area (Å²) in [5.41, 5.74) is 1.12. The van der Waals surface area contributed by atoms with Crippen LogP contribution in [0.2, 0.25) is 0 Å². The van der Waals surface area contributed by atoms with Crippen molar-refractivity contribution in [2.24, 2.45) is 0 Å². The number of carbonyl (C=O) groups excluding carboxylic acids is 2. The molecule has 1 rings (SSSR count). The van der Waals surface area contributed by atoms with Gasteiger partial charge in [-0.3, -0.25) is 9.59 Å². The van der Waals surface area contributed by atoms with E-state index in [2.05, 4.69) is 5.32 Å². The molecular formula is C11H13NO3. The molecule has 1 amide bonds. The summed E-state index contributed by atoms with van der Waals surface area (Å²) in [5.74, 6) is -0.313. The number of rotatable bonds is 4. The van der Waals surface area contributed by atoms with E-state index in [1.54, 1.807) is 24.3 Å². The van der Waals surface area contributed by atoms with Crippen molar-refractivity contribution in [2.75, 3.05) is 11.9 Å². The largest absolute Gasteiger partial charge is 0.396 e. The summed E-state index contributed by atoms with van der Waals surface area (Å²) in [6, 6.07) is 6.69. The summed E-state index contributed by atoms with van der Waals surface area (Å²) in [5, 5.41) is 11.1. The number of benzene rings is 1. The molecule has 0 spiro atoms. The molecule has 0 bridgehead atoms. The van der Waals surface area contributed by atoms with Crippen LogP contribution in [0.15, 0.2) is 24.3 Å². The van der Waals surface area contributed by atoms with Crippen LogP contribution in [0.1, 0.15) is 23.7 Å². The van der Waals surface area contributed by atoms with Crippen molar-refractivity contribution in [2.45, 2.75) is 13.3 Å². The summed E-state index contributed by atoms with van der Waals surface area (Å²) in [6.07, 6.45) is 0.0598. The predicted molar refractivity (Wildman–Crippen MR) is 56.8 cm³/mol. The number of hydrogen-bond donors (Lipinski definition) is 2. The van der Waals surface area contributed by atoms with Crippen molar-refractivity contribution < 1.29 is 14.7 Å². The van der Waals surface area contributed by atoms with Crippen LogP contribution in [0.25, 0.3) is 0 Å². The molecular weight excluding hydrogens is 194 g/mol. The highest BCUT2D eigenvalue weighted by Gasteiger charge is 2.03. The van der Waals surface area contributed by atoms with Crippen molar-refractivity contribution >= 4 is 17.4 Å². The first kappa shape index (κ1) is 11.4. The van der Waals surface area contributed by atoms with Crippen LogP contribution >= 0.6 is 0 Å². The number of hydrogen-bond acceptors (Lipinski definition) is 3. The molecule has 4 nitrogen and oxygen atoms in total. The quantitative estimate of drug-likeness (QED) is 0.729. The molecule has 0 aliphatic carbocycles. The molecule has 4 heteroatoms. The molecule has 80 valence electrons. The minimum atomic E-state index is -0.266. The van der Waals surface area contributed by atoms with Crippen LogP contribution in [0.3, 0.4) is 0 Å². The molecule has 0 unspecified atom stereocenters. The van der Waals surface area contributed by atoms with Crippen LogP contribution in [-0.2, 0) is 4.79 Å². The Kier molecular flexibility index (Phi) is 4.00. The number of anilines is 1. The molecule has 0 saturated heterocycles. The summed E-state index contributed by atoms with van der Waals surface area (Å²) >= 11 is 0. The number of ketones is 1. The molecule has 0 atom stereocenters. The monoisotopic (exact) mass is 207 g/mol. The number of aliphatic hydroxyl groups is 1. The summed E-state index contributed by atoms with van der Waals surface area (Å²) in [7, 11) is 0. The maximum atomic E-state index is 11.1. The molecule has 2 N–H and O–H groups in total. The topological polar surface area (TPSA) is 66.4 Å². The molecule has 15 heavy (non-hydrogen) atoms. The fourth-order valence-electron chi connectivity index (χ4n) is 1.14. The van der Waals surface area contributed by atoms with E-state index in [0.29, 0.717) is 11.3 Å². The maximum absolute atomic E-state index is 11.1. The van der Waals surface area contributed by atoms with Gasteiger partial charge < -0.3 is 10.4 Å². The second-order valence-corrected chi connectivity index (χ2v) is 3.16. The minimum absolute atomic E-state index is 0.0479. The van der Waals surface area contributed by atoms with E-state index in [0.717, 1.165) is 0 Å². The summed E-state index contributed by atoms with van der Waals surface area (Å²) < 4.78 is 0. The molecule has 0 heterocycles. The third-order valence-corrected chi connectivity index (χ3v) is 1.89. The zero-order chi connectivity index (χ0) is 11.3. The standard InChI is InChI=1S/C11H13NO3/c1-8(14)9-3-2-4-10(7-9)12-11(15)5-6-13/h2-4,7,13H,5-6H2,1H3,(H,12,15). The third kappa shape index (κ3) is 3.52. The molecule has 0 aliphatic heterocycles. The first-order valence-electron chi connectivity index (χ1n) is 4.65. The zero-order valence-corrected chi connectivity index (χ0v) is 8.49. The van der Waals surface area contributed by atoms with Gasteiger partial charge in [-0.25, -0.2) is 0 Å². The normalized spacial score (nSPS) is 9.73. The smallest absolute Gasteiger partial charge is 0.226 e. The fourth-order valence-corrected chi connectivity index (χ4v) is 1.14. The lowest BCUT2D eigenvalue weighted by Gasteiger charge is -2.04. The average molecular weight is 207 g/mol. The van der Waals surface area contributed by atoms with Gasteiger partial charge in [-0.2, -0.15) is 0 Å². The van der Waals surface area contributed by atoms with Crippen LogP contribution in [0.5, 0.6) is 0 Å². The van der Waals surface area contributed by atoms with E-state index in [4.69, 9.17) is 5.11 Å². The Balaban J connectivity index is 2.73. The van der Waals surface area contributed by atoms with Gasteiger partial charge in [0.15, 0.2) is 5.78 Å². The van der Waals surface area contributed by atoms with Gasteiger partial charge in [-0.05, 0) is 19.1 Å². The van der Waals surface area contributed by atoms with Gasteiger partial charge in [-0.15, -0.1) is 0 Å². The third-order valence-electron chi connectivity index (χ3n) is 1.89. The Labute approximate surface area is 87.9 Å². The Morgan fingerprint density at radius 3 is 2.73 bits per heavy atom. The van der Waals surface area contributed by atoms with Crippen LogP contribution in [0, 0.1) is 0 Å². The maximum Gasteiger partial charge on any atom is 0.226 e. The highest BCUT2D eigenvalue weighted by atomic mass is 16.3. The number of Topliss-reactive ketones (excluding diaryl/α,β-unsaturated/α-hetero) is 1. The molecule has 1 aromatic rings. The SMILES string of the molecule is CC(=O)c1cccc(NC(=O)CCO)c1. The molecule has 0 radical (unpaired) electrons. The lowest BCUT2D eigenvalue weighted by molar-refractivity contribution is -0.116. The lowest BCUT2D eigenvalue weighted by atomic mass is 10.1. The van der Waals surface area contributed by atoms with Crippen LogP contribution in [0.4, 0.5) is 5.69 Å². The minimum Gasteiger partial charge on any atom is -0.396 e. The molecule has 1 aromatic carbocycles. The number of carbonyl (C=O) groups is 2. The Bertz CT molecular complexity index is 374. The van der Waals surface area contributed by atoms with Gasteiger partial charge in [0.25, 0.3) is 0 Å². The Morgan fingerprint density at radius 2 is 2.13 bits per heavy atom. The van der Waals surface area contributed by atoms with Crippen molar-refractivity contribution in [3.8, 4) is 0 Å². The van der Waals surface area contributed by atoms with E-state index in [1.807, 2.05) is 0 Å². The van der Waals surface area contributed by atoms with E-state index in [-0.39, 0.29) is 24.7 Å². The van der Waals surface area contributed by atoms with E-state index in [9.17, 15) is 9.59 Å². The number of amides is 1. The Hall–Kier alpha value is -1.68. The van der Waals surface area contributed by atoms with Gasteiger partial charge in [0, 0.05) is 11.3 Å². The van der Waals surface area contributed by atoms with Crippen LogP contribution < -0.4 is 5.32 Å². The van der Waals surface area contributed by atoms with Gasteiger partial charge in [0.1, 0.15) is 0 Å². The number of nitrogens with one attached hydrogen (secondary N) is 1. The Morgan fingerprint density at radius 1 is 1.40 bits per heavy atom. The fraction of sp³-hybridized carbons (Fsp3) is 0.273. The highest BCUT2D eigenvalue weighted by Crippen LogP contribution is 2.11. The van der Waals surface area contributed by atoms with E-state index in [1.165, 1.54) is 6.92 Å². The van der Waals surface area contributed by atoms with E-state index >= 15 is 0 Å². The van der Waals surface area contributed by atoms with Crippen molar-refractivity contribution in [3.05, 3.63) is 29.8 Å². The van der Waals surface area contributed by atoms with E-state index < -0.39 is 0 Å². The molecule has 0 aromatic heterocycles. The molecule has 0 saturated carbocycles. The van der Waals surface area contributed by atoms with Crippen molar-refractivity contribution in [1.29, 1.82) is 0 Å². The van der Waals surface area contributed by atoms with Gasteiger partial charge in [0.05, 0.1) is 13.0 Å². The second-order valence-electron chi connectivity index (χ2n) is 3.16. The number of aliphatic hydroxyl groups excluding tert-OH is 1. The first-order chi connectivity index (χ1) is 7.13. The van der Waals surface area contributed by atoms with Gasteiger partial charge in [-0.1, -0.05) is 12.1 Å². The second kappa shape index (κ2) is 5.26. The highest BCUT2D eigenvalue weighted by molar-refractivity contribution is 5.97. The summed E-state index contributed by atoms with van der Waals surface area (Å²) in [4.78, 5) is 22.2. The lowest BCUT2D eigenvalue weighted by Crippen LogP contribution is -2.13. The van der Waals surface area contributed by atoms with Crippen molar-refractivity contribution in [3.63, 3.8) is 0 Å². The zero-order valence-electron chi connectivity index (χ0n) is 8.49. The summed E-state index contributed by atoms with van der Waals surface area (Å²) in [6.45, 7) is 1.28. The van der Waals surface area contributed by atoms with Crippen molar-refractivity contribution in [1.82, 2.24) is 0 Å². The predicted octanol–water partition coefficient (Wildman–Crippen LogP) is 1.21. The first-order valence-corrected chi connectivity index (χ1v) is 4.65. The van der Waals surface area contributed by atoms with Gasteiger partial charge >= 0.3 is 0 Å². The average Bonchev–Trinajstić information content (AvgIpc) is 2.18. The molecule has 0 aliphatic rings. The van der Waals surface area contributed by atoms with Gasteiger partial charge in [0.2, 0.25) is 5.91 Å². The molecule has 0 fully saturated rings. The van der Waals surface area contributed by atoms with Crippen LogP contribution in [-0.4, -0.2) is 23.4 Å².